The molecule has 0 saturated carbocycles. The monoisotopic (exact) mass is 595 g/mol. The summed E-state index contributed by atoms with van der Waals surface area (Å²) in [4.78, 5) is 0. The molecule has 0 aliphatic rings. The maximum atomic E-state index is 2.28. The lowest BCUT2D eigenvalue weighted by atomic mass is 10.1. The standard InChI is InChI=1S/C24H20P.2C10H8/c1-5-13-21(14-6-1)25(22-15-7-2-8-16-22,23-17-9-3-10-18-23)24-19-11-4-12-20-24;2*1-2-6-10-8-4-3-7-9(10)5-1/h1-20H;2*1-8H/q+1;;. The molecule has 0 heterocycles. The average molecular weight is 596 g/mol. The lowest BCUT2D eigenvalue weighted by molar-refractivity contribution is 1.71. The molecule has 0 radical (unpaired) electrons. The zero-order valence-electron chi connectivity index (χ0n) is 25.2. The third kappa shape index (κ3) is 6.94. The second-order valence-corrected chi connectivity index (χ2v) is 14.1. The molecule has 0 unspecified atom stereocenters. The molecule has 1 heteroatoms. The minimum absolute atomic E-state index is 1.31. The normalized spacial score (nSPS) is 10.7. The summed E-state index contributed by atoms with van der Waals surface area (Å²) in [7, 11) is -1.91. The maximum Gasteiger partial charge on any atom is 0.144 e. The topological polar surface area (TPSA) is 0 Å². The Kier molecular flexibility index (Phi) is 9.88. The Balaban J connectivity index is 0.000000145. The van der Waals surface area contributed by atoms with E-state index in [4.69, 9.17) is 0 Å². The van der Waals surface area contributed by atoms with Crippen LogP contribution in [0.25, 0.3) is 21.5 Å². The number of hydrogen-bond acceptors (Lipinski definition) is 0. The van der Waals surface area contributed by atoms with Crippen molar-refractivity contribution >= 4 is 50.0 Å². The van der Waals surface area contributed by atoms with E-state index in [2.05, 4.69) is 218 Å². The SMILES string of the molecule is c1ccc([P+](c2ccccc2)(c2ccccc2)c2ccccc2)cc1.c1ccc2ccccc2c1.c1ccc2ccccc2c1. The highest BCUT2D eigenvalue weighted by Gasteiger charge is 2.47. The van der Waals surface area contributed by atoms with Crippen molar-refractivity contribution < 1.29 is 0 Å². The van der Waals surface area contributed by atoms with Crippen molar-refractivity contribution in [1.82, 2.24) is 0 Å². The Morgan fingerprint density at radius 2 is 0.333 bits per heavy atom. The third-order valence-corrected chi connectivity index (χ3v) is 12.2. The first kappa shape index (κ1) is 29.8. The first-order chi connectivity index (χ1) is 22.4. The smallest absolute Gasteiger partial charge is 0.0620 e. The molecular weight excluding hydrogens is 559 g/mol. The molecule has 0 spiro atoms. The number of benzene rings is 8. The summed E-state index contributed by atoms with van der Waals surface area (Å²) in [6.45, 7) is 0. The fourth-order valence-corrected chi connectivity index (χ4v) is 10.0. The highest BCUT2D eigenvalue weighted by Crippen LogP contribution is 2.54. The molecule has 8 aromatic rings. The van der Waals surface area contributed by atoms with Crippen molar-refractivity contribution in [3.8, 4) is 0 Å². The van der Waals surface area contributed by atoms with Crippen LogP contribution in [-0.2, 0) is 0 Å². The Labute approximate surface area is 267 Å². The molecule has 0 atom stereocenters. The van der Waals surface area contributed by atoms with Gasteiger partial charge >= 0.3 is 0 Å². The molecule has 8 rings (SSSR count). The fraction of sp³-hybridized carbons (Fsp3) is 0. The lowest BCUT2D eigenvalue weighted by Crippen LogP contribution is -2.38. The summed E-state index contributed by atoms with van der Waals surface area (Å²) in [5, 5.41) is 10.8. The van der Waals surface area contributed by atoms with E-state index in [0.717, 1.165) is 0 Å². The van der Waals surface area contributed by atoms with Gasteiger partial charge in [-0.1, -0.05) is 170 Å². The highest BCUT2D eigenvalue weighted by atomic mass is 31.2. The second-order valence-electron chi connectivity index (χ2n) is 10.7. The molecule has 0 amide bonds. The van der Waals surface area contributed by atoms with Crippen molar-refractivity contribution in [2.75, 3.05) is 0 Å². The van der Waals surface area contributed by atoms with Gasteiger partial charge in [0.05, 0.1) is 0 Å². The van der Waals surface area contributed by atoms with E-state index in [1.54, 1.807) is 0 Å². The van der Waals surface area contributed by atoms with Gasteiger partial charge in [-0.3, -0.25) is 0 Å². The summed E-state index contributed by atoms with van der Waals surface area (Å²) in [5.74, 6) is 0. The lowest BCUT2D eigenvalue weighted by Gasteiger charge is -2.27. The summed E-state index contributed by atoms with van der Waals surface area (Å²) in [6, 6.07) is 77.3. The second kappa shape index (κ2) is 14.9. The maximum absolute atomic E-state index is 2.28. The van der Waals surface area contributed by atoms with Gasteiger partial charge in [0.1, 0.15) is 28.5 Å². The Bertz CT molecular complexity index is 1670. The van der Waals surface area contributed by atoms with Crippen molar-refractivity contribution in [2.45, 2.75) is 0 Å². The van der Waals surface area contributed by atoms with Crippen LogP contribution < -0.4 is 21.2 Å². The molecule has 0 N–H and O–H groups in total. The van der Waals surface area contributed by atoms with Crippen LogP contribution in [0.1, 0.15) is 0 Å². The minimum Gasteiger partial charge on any atom is -0.0620 e. The first-order valence-electron chi connectivity index (χ1n) is 15.3. The van der Waals surface area contributed by atoms with Gasteiger partial charge in [0.25, 0.3) is 0 Å². The van der Waals surface area contributed by atoms with Crippen LogP contribution in [0.2, 0.25) is 0 Å². The van der Waals surface area contributed by atoms with Gasteiger partial charge in [0.15, 0.2) is 0 Å². The van der Waals surface area contributed by atoms with E-state index in [0.29, 0.717) is 0 Å². The van der Waals surface area contributed by atoms with Crippen LogP contribution in [0.15, 0.2) is 218 Å². The minimum atomic E-state index is -1.91. The van der Waals surface area contributed by atoms with Gasteiger partial charge < -0.3 is 0 Å². The molecule has 45 heavy (non-hydrogen) atoms. The van der Waals surface area contributed by atoms with Gasteiger partial charge in [-0.15, -0.1) is 0 Å². The first-order valence-corrected chi connectivity index (χ1v) is 17.1. The van der Waals surface area contributed by atoms with Crippen LogP contribution in [-0.4, -0.2) is 0 Å². The van der Waals surface area contributed by atoms with Gasteiger partial charge in [0.2, 0.25) is 0 Å². The highest BCUT2D eigenvalue weighted by molar-refractivity contribution is 8.01. The van der Waals surface area contributed by atoms with E-state index in [1.165, 1.54) is 42.8 Å². The van der Waals surface area contributed by atoms with Crippen molar-refractivity contribution in [3.05, 3.63) is 218 Å². The molecule has 8 aromatic carbocycles. The quantitative estimate of drug-likeness (QED) is 0.178. The summed E-state index contributed by atoms with van der Waals surface area (Å²) in [5.41, 5.74) is 0. The molecule has 0 nitrogen and oxygen atoms in total. The molecule has 0 bridgehead atoms. The summed E-state index contributed by atoms with van der Waals surface area (Å²) < 4.78 is 0. The molecule has 0 aliphatic carbocycles. The molecule has 0 aromatic heterocycles. The predicted molar refractivity (Wildman–Crippen MR) is 199 cm³/mol. The zero-order chi connectivity index (χ0) is 30.6. The van der Waals surface area contributed by atoms with Gasteiger partial charge in [-0.2, -0.15) is 0 Å². The Morgan fingerprint density at radius 3 is 0.511 bits per heavy atom. The summed E-state index contributed by atoms with van der Waals surface area (Å²) >= 11 is 0. The summed E-state index contributed by atoms with van der Waals surface area (Å²) in [6.07, 6.45) is 0. The zero-order valence-corrected chi connectivity index (χ0v) is 26.1. The fourth-order valence-electron chi connectivity index (χ4n) is 5.77. The van der Waals surface area contributed by atoms with Crippen molar-refractivity contribution in [1.29, 1.82) is 0 Å². The van der Waals surface area contributed by atoms with Crippen LogP contribution in [0, 0.1) is 0 Å². The predicted octanol–water partition coefficient (Wildman–Crippen LogP) is 9.99. The Morgan fingerprint density at radius 1 is 0.178 bits per heavy atom. The van der Waals surface area contributed by atoms with Crippen LogP contribution in [0.3, 0.4) is 0 Å². The molecular formula is C44H36P+. The van der Waals surface area contributed by atoms with Gasteiger partial charge in [0, 0.05) is 0 Å². The van der Waals surface area contributed by atoms with Crippen molar-refractivity contribution in [2.24, 2.45) is 0 Å². The van der Waals surface area contributed by atoms with Gasteiger partial charge in [-0.25, -0.2) is 0 Å². The van der Waals surface area contributed by atoms with Crippen LogP contribution in [0.5, 0.6) is 0 Å². The van der Waals surface area contributed by atoms with Gasteiger partial charge in [-0.05, 0) is 70.1 Å². The van der Waals surface area contributed by atoms with Crippen LogP contribution in [0.4, 0.5) is 0 Å². The molecule has 216 valence electrons. The van der Waals surface area contributed by atoms with E-state index in [1.807, 2.05) is 0 Å². The Hall–Kier alpha value is -5.29. The van der Waals surface area contributed by atoms with E-state index in [-0.39, 0.29) is 0 Å². The van der Waals surface area contributed by atoms with E-state index in [9.17, 15) is 0 Å². The number of fused-ring (bicyclic) bond motifs is 2. The number of rotatable bonds is 4. The largest absolute Gasteiger partial charge is 0.144 e. The molecule has 0 saturated heterocycles. The molecule has 0 aliphatic heterocycles. The van der Waals surface area contributed by atoms with Crippen molar-refractivity contribution in [3.63, 3.8) is 0 Å². The molecule has 0 fully saturated rings. The van der Waals surface area contributed by atoms with Crippen LogP contribution >= 0.6 is 7.26 Å². The van der Waals surface area contributed by atoms with E-state index < -0.39 is 7.26 Å². The average Bonchev–Trinajstić information content (AvgIpc) is 3.14. The third-order valence-electron chi connectivity index (χ3n) is 7.89. The van der Waals surface area contributed by atoms with E-state index >= 15 is 0 Å². The number of hydrogen-bond donors (Lipinski definition) is 0.